The number of anilines is 2. The maximum Gasteiger partial charge on any atom is 0.228 e. The number of aromatic hydroxyl groups is 2. The van der Waals surface area contributed by atoms with E-state index < -0.39 is 0 Å². The quantitative estimate of drug-likeness (QED) is 0.205. The zero-order valence-electron chi connectivity index (χ0n) is 19.9. The third-order valence-corrected chi connectivity index (χ3v) is 6.44. The van der Waals surface area contributed by atoms with Gasteiger partial charge in [-0.25, -0.2) is 4.98 Å². The van der Waals surface area contributed by atoms with E-state index in [9.17, 15) is 15.0 Å². The van der Waals surface area contributed by atoms with Crippen molar-refractivity contribution in [2.45, 2.75) is 19.9 Å². The number of amides is 1. The lowest BCUT2D eigenvalue weighted by molar-refractivity contribution is -0.115. The molecule has 1 amide bonds. The maximum atomic E-state index is 12.6. The van der Waals surface area contributed by atoms with Gasteiger partial charge >= 0.3 is 0 Å². The van der Waals surface area contributed by atoms with E-state index >= 15 is 0 Å². The summed E-state index contributed by atoms with van der Waals surface area (Å²) in [6.07, 6.45) is 1.75. The number of halogens is 1. The molecule has 0 radical (unpaired) electrons. The molecular weight excluding hydrogens is 534 g/mol. The number of para-hydroxylation sites is 1. The topological polar surface area (TPSA) is 112 Å². The molecule has 4 N–H and O–H groups in total. The van der Waals surface area contributed by atoms with Crippen LogP contribution in [0.25, 0.3) is 16.9 Å². The number of hydrogen-bond acceptors (Lipinski definition) is 6. The minimum atomic E-state index is -0.214. The molecule has 0 atom stereocenters. The van der Waals surface area contributed by atoms with Crippen LogP contribution in [0.2, 0.25) is 0 Å². The minimum absolute atomic E-state index is 0.0763. The van der Waals surface area contributed by atoms with Gasteiger partial charge in [0.25, 0.3) is 0 Å². The summed E-state index contributed by atoms with van der Waals surface area (Å²) in [5.74, 6) is 0.737. The molecule has 9 heteroatoms. The first-order valence-corrected chi connectivity index (χ1v) is 12.4. The Kier molecular flexibility index (Phi) is 6.78. The van der Waals surface area contributed by atoms with Crippen LogP contribution < -0.4 is 10.6 Å². The van der Waals surface area contributed by atoms with Gasteiger partial charge in [-0.15, -0.1) is 0 Å². The van der Waals surface area contributed by atoms with Crippen molar-refractivity contribution in [3.63, 3.8) is 0 Å². The van der Waals surface area contributed by atoms with E-state index in [2.05, 4.69) is 36.6 Å². The highest BCUT2D eigenvalue weighted by atomic mass is 79.9. The van der Waals surface area contributed by atoms with E-state index in [4.69, 9.17) is 0 Å². The summed E-state index contributed by atoms with van der Waals surface area (Å²) >= 11 is 3.49. The third-order valence-electron chi connectivity index (χ3n) is 5.88. The largest absolute Gasteiger partial charge is 0.508 e. The average molecular weight is 558 g/mol. The van der Waals surface area contributed by atoms with Gasteiger partial charge in [-0.1, -0.05) is 36.4 Å². The van der Waals surface area contributed by atoms with E-state index in [1.807, 2.05) is 55.5 Å². The van der Waals surface area contributed by atoms with Gasteiger partial charge < -0.3 is 20.8 Å². The zero-order valence-corrected chi connectivity index (χ0v) is 21.5. The number of nitrogens with one attached hydrogen (secondary N) is 2. The van der Waals surface area contributed by atoms with Crippen LogP contribution >= 0.6 is 15.9 Å². The Hall–Kier alpha value is -4.37. The van der Waals surface area contributed by atoms with Crippen LogP contribution in [0, 0.1) is 6.92 Å². The number of carbonyl (C=O) groups excluding carboxylic acids is 1. The molecule has 37 heavy (non-hydrogen) atoms. The highest BCUT2D eigenvalue weighted by Crippen LogP contribution is 2.31. The molecule has 0 aliphatic rings. The molecule has 0 bridgehead atoms. The number of fused-ring (bicyclic) bond motifs is 1. The van der Waals surface area contributed by atoms with Crippen molar-refractivity contribution >= 4 is 39.0 Å². The van der Waals surface area contributed by atoms with Crippen molar-refractivity contribution in [3.05, 3.63) is 100 Å². The fraction of sp³-hybridized carbons (Fsp3) is 0.107. The summed E-state index contributed by atoms with van der Waals surface area (Å²) in [4.78, 5) is 17.2. The Labute approximate surface area is 221 Å². The van der Waals surface area contributed by atoms with Gasteiger partial charge in [0.15, 0.2) is 5.65 Å². The van der Waals surface area contributed by atoms with Crippen molar-refractivity contribution < 1.29 is 15.0 Å². The highest BCUT2D eigenvalue weighted by Gasteiger charge is 2.14. The number of carbonyl (C=O) groups is 1. The summed E-state index contributed by atoms with van der Waals surface area (Å²) in [5.41, 5.74) is 4.95. The fourth-order valence-corrected chi connectivity index (χ4v) is 4.39. The Bertz CT molecular complexity index is 1620. The monoisotopic (exact) mass is 557 g/mol. The Balaban J connectivity index is 1.33. The Morgan fingerprint density at radius 1 is 1.00 bits per heavy atom. The van der Waals surface area contributed by atoms with E-state index in [0.29, 0.717) is 40.5 Å². The number of phenolic OH excluding ortho intramolecular Hbond substituents is 2. The molecule has 0 aliphatic carbocycles. The Morgan fingerprint density at radius 2 is 1.84 bits per heavy atom. The van der Waals surface area contributed by atoms with Gasteiger partial charge in [0.2, 0.25) is 5.91 Å². The molecule has 8 nitrogen and oxygen atoms in total. The number of benzene rings is 3. The van der Waals surface area contributed by atoms with E-state index in [0.717, 1.165) is 15.6 Å². The SMILES string of the molecule is Cc1ccc(CC(=O)Nc2cccc(CNc3cc(-c4ccccc4O)nc4c(Br)cnn34)c2)c(O)c1. The van der Waals surface area contributed by atoms with Crippen LogP contribution in [-0.2, 0) is 17.8 Å². The number of rotatable bonds is 7. The number of nitrogens with zero attached hydrogens (tertiary/aromatic N) is 3. The number of aromatic nitrogens is 3. The lowest BCUT2D eigenvalue weighted by atomic mass is 10.1. The lowest BCUT2D eigenvalue weighted by Crippen LogP contribution is -2.15. The van der Waals surface area contributed by atoms with Crippen LogP contribution in [0.15, 0.2) is 83.5 Å². The minimum Gasteiger partial charge on any atom is -0.508 e. The molecule has 0 unspecified atom stereocenters. The predicted molar refractivity (Wildman–Crippen MR) is 147 cm³/mol. The van der Waals surface area contributed by atoms with Crippen molar-refractivity contribution in [1.29, 1.82) is 0 Å². The summed E-state index contributed by atoms with van der Waals surface area (Å²) in [6, 6.07) is 21.7. The van der Waals surface area contributed by atoms with Crippen LogP contribution in [0.1, 0.15) is 16.7 Å². The molecule has 3 aromatic carbocycles. The summed E-state index contributed by atoms with van der Waals surface area (Å²) in [6.45, 7) is 2.34. The van der Waals surface area contributed by atoms with E-state index in [-0.39, 0.29) is 23.8 Å². The second-order valence-electron chi connectivity index (χ2n) is 8.68. The number of aryl methyl sites for hydroxylation is 1. The Morgan fingerprint density at radius 3 is 2.65 bits per heavy atom. The molecular formula is C28H24BrN5O3. The molecule has 0 fully saturated rings. The van der Waals surface area contributed by atoms with Crippen LogP contribution in [0.5, 0.6) is 11.5 Å². The van der Waals surface area contributed by atoms with Gasteiger partial charge in [-0.05, 0) is 64.3 Å². The third kappa shape index (κ3) is 5.41. The number of phenols is 2. The summed E-state index contributed by atoms with van der Waals surface area (Å²) < 4.78 is 2.42. The maximum absolute atomic E-state index is 12.6. The number of hydrogen-bond donors (Lipinski definition) is 4. The average Bonchev–Trinajstić information content (AvgIpc) is 3.25. The summed E-state index contributed by atoms with van der Waals surface area (Å²) in [7, 11) is 0. The molecule has 2 heterocycles. The molecule has 0 saturated heterocycles. The normalized spacial score (nSPS) is 11.0. The second kappa shape index (κ2) is 10.3. The van der Waals surface area contributed by atoms with E-state index in [1.54, 1.807) is 35.0 Å². The summed E-state index contributed by atoms with van der Waals surface area (Å²) in [5, 5.41) is 31.1. The first kappa shape index (κ1) is 24.3. The zero-order chi connectivity index (χ0) is 25.9. The first-order chi connectivity index (χ1) is 17.9. The van der Waals surface area contributed by atoms with Gasteiger partial charge in [-0.3, -0.25) is 4.79 Å². The molecule has 5 rings (SSSR count). The molecule has 186 valence electrons. The van der Waals surface area contributed by atoms with Gasteiger partial charge in [-0.2, -0.15) is 9.61 Å². The van der Waals surface area contributed by atoms with Gasteiger partial charge in [0, 0.05) is 29.4 Å². The lowest BCUT2D eigenvalue weighted by Gasteiger charge is -2.13. The van der Waals surface area contributed by atoms with Gasteiger partial charge in [0.1, 0.15) is 17.3 Å². The molecule has 0 aliphatic heterocycles. The van der Waals surface area contributed by atoms with Crippen molar-refractivity contribution in [3.8, 4) is 22.8 Å². The first-order valence-electron chi connectivity index (χ1n) is 11.6. The second-order valence-corrected chi connectivity index (χ2v) is 9.54. The van der Waals surface area contributed by atoms with Crippen molar-refractivity contribution in [2.24, 2.45) is 0 Å². The van der Waals surface area contributed by atoms with E-state index in [1.165, 1.54) is 0 Å². The smallest absolute Gasteiger partial charge is 0.228 e. The van der Waals surface area contributed by atoms with Crippen LogP contribution in [0.3, 0.4) is 0 Å². The molecule has 5 aromatic rings. The standard InChI is InChI=1S/C28H24BrN5O3/c1-17-9-10-19(25(36)11-17)13-27(37)32-20-6-4-5-18(12-20)15-30-26-14-23(21-7-2-3-8-24(21)35)33-28-22(29)16-31-34(26)28/h2-12,14,16,30,35-36H,13,15H2,1H3,(H,32,37). The van der Waals surface area contributed by atoms with Crippen molar-refractivity contribution in [2.75, 3.05) is 10.6 Å². The molecule has 0 spiro atoms. The van der Waals surface area contributed by atoms with Crippen LogP contribution in [-0.4, -0.2) is 30.7 Å². The van der Waals surface area contributed by atoms with Crippen LogP contribution in [0.4, 0.5) is 11.5 Å². The predicted octanol–water partition coefficient (Wildman–Crippen LogP) is 5.67. The molecule has 0 saturated carbocycles. The molecule has 2 aromatic heterocycles. The van der Waals surface area contributed by atoms with Gasteiger partial charge in [0.05, 0.1) is 22.8 Å². The highest BCUT2D eigenvalue weighted by molar-refractivity contribution is 9.10. The fourth-order valence-electron chi connectivity index (χ4n) is 4.04. The van der Waals surface area contributed by atoms with Crippen molar-refractivity contribution in [1.82, 2.24) is 14.6 Å².